The minimum absolute atomic E-state index is 0.154. The fraction of sp³-hybridized carbons (Fsp3) is 0.222. The average molecular weight is 272 g/mol. The molecule has 104 valence electrons. The Morgan fingerprint density at radius 2 is 1.35 bits per heavy atom. The Balaban J connectivity index is 2.17. The van der Waals surface area contributed by atoms with E-state index in [9.17, 15) is 8.78 Å². The molecule has 0 spiro atoms. The number of hydrogen-bond acceptors (Lipinski definition) is 0. The van der Waals surface area contributed by atoms with Crippen molar-refractivity contribution in [1.82, 2.24) is 0 Å². The highest BCUT2D eigenvalue weighted by Gasteiger charge is 2.22. The normalized spacial score (nSPS) is 11.4. The van der Waals surface area contributed by atoms with Crippen LogP contribution in [0.15, 0.2) is 55.1 Å². The van der Waals surface area contributed by atoms with Crippen LogP contribution in [-0.4, -0.2) is 0 Å². The molecule has 20 heavy (non-hydrogen) atoms. The molecule has 0 amide bonds. The van der Waals surface area contributed by atoms with Gasteiger partial charge in [-0.2, -0.15) is 0 Å². The first-order valence-electron chi connectivity index (χ1n) is 6.58. The van der Waals surface area contributed by atoms with Crippen molar-refractivity contribution in [3.8, 4) is 0 Å². The highest BCUT2D eigenvalue weighted by Crippen LogP contribution is 2.33. The van der Waals surface area contributed by atoms with Crippen molar-refractivity contribution in [2.45, 2.75) is 25.7 Å². The molecule has 0 radical (unpaired) electrons. The summed E-state index contributed by atoms with van der Waals surface area (Å²) in [6.07, 6.45) is 0.726. The maximum Gasteiger partial charge on any atom is 0.123 e. The van der Waals surface area contributed by atoms with Crippen LogP contribution in [0.1, 0.15) is 31.4 Å². The number of halogens is 2. The van der Waals surface area contributed by atoms with E-state index in [1.54, 1.807) is 24.3 Å². The van der Waals surface area contributed by atoms with Crippen molar-refractivity contribution >= 4 is 5.57 Å². The third kappa shape index (κ3) is 3.32. The maximum absolute atomic E-state index is 13.0. The van der Waals surface area contributed by atoms with Crippen molar-refractivity contribution < 1.29 is 8.78 Å². The van der Waals surface area contributed by atoms with Crippen LogP contribution in [0.5, 0.6) is 0 Å². The molecular formula is C18H18F2. The molecule has 2 rings (SSSR count). The molecule has 0 heterocycles. The lowest BCUT2D eigenvalue weighted by atomic mass is 9.78. The van der Waals surface area contributed by atoms with E-state index in [-0.39, 0.29) is 17.0 Å². The van der Waals surface area contributed by atoms with Crippen molar-refractivity contribution in [3.63, 3.8) is 0 Å². The van der Waals surface area contributed by atoms with E-state index >= 15 is 0 Å². The number of rotatable bonds is 4. The van der Waals surface area contributed by atoms with Gasteiger partial charge in [0.1, 0.15) is 11.6 Å². The highest BCUT2D eigenvalue weighted by atomic mass is 19.1. The molecule has 0 saturated carbocycles. The molecule has 0 N–H and O–H groups in total. The van der Waals surface area contributed by atoms with Crippen LogP contribution in [-0.2, 0) is 5.41 Å². The third-order valence-corrected chi connectivity index (χ3v) is 3.53. The lowest BCUT2D eigenvalue weighted by Gasteiger charge is -2.26. The van der Waals surface area contributed by atoms with Crippen molar-refractivity contribution in [3.05, 3.63) is 77.9 Å². The Morgan fingerprint density at radius 1 is 0.900 bits per heavy atom. The zero-order valence-corrected chi connectivity index (χ0v) is 11.8. The topological polar surface area (TPSA) is 0 Å². The molecule has 2 aromatic rings. The minimum atomic E-state index is -0.251. The summed E-state index contributed by atoms with van der Waals surface area (Å²) in [4.78, 5) is 0. The smallest absolute Gasteiger partial charge is 0.123 e. The molecule has 0 aliphatic rings. The second-order valence-corrected chi connectivity index (χ2v) is 5.68. The first-order valence-corrected chi connectivity index (χ1v) is 6.58. The largest absolute Gasteiger partial charge is 0.207 e. The summed E-state index contributed by atoms with van der Waals surface area (Å²) in [6, 6.07) is 12.9. The van der Waals surface area contributed by atoms with Crippen LogP contribution in [0.25, 0.3) is 5.57 Å². The van der Waals surface area contributed by atoms with E-state index in [0.717, 1.165) is 23.1 Å². The summed E-state index contributed by atoms with van der Waals surface area (Å²) in [5.74, 6) is -0.485. The van der Waals surface area contributed by atoms with Crippen molar-refractivity contribution in [2.75, 3.05) is 0 Å². The number of allylic oxidation sites excluding steroid dienone is 1. The number of hydrogen-bond donors (Lipinski definition) is 0. The monoisotopic (exact) mass is 272 g/mol. The summed E-state index contributed by atoms with van der Waals surface area (Å²) in [6.45, 7) is 8.27. The van der Waals surface area contributed by atoms with E-state index in [1.165, 1.54) is 24.3 Å². The van der Waals surface area contributed by atoms with Gasteiger partial charge in [0, 0.05) is 0 Å². The van der Waals surface area contributed by atoms with Gasteiger partial charge in [0.25, 0.3) is 0 Å². The van der Waals surface area contributed by atoms with E-state index < -0.39 is 0 Å². The van der Waals surface area contributed by atoms with Crippen LogP contribution in [0.4, 0.5) is 8.78 Å². The second kappa shape index (κ2) is 5.58. The van der Waals surface area contributed by atoms with Gasteiger partial charge in [-0.25, -0.2) is 8.78 Å². The second-order valence-electron chi connectivity index (χ2n) is 5.68. The molecule has 0 saturated heterocycles. The number of benzene rings is 2. The Bertz CT molecular complexity index is 592. The molecule has 0 atom stereocenters. The van der Waals surface area contributed by atoms with Crippen LogP contribution in [0.3, 0.4) is 0 Å². The molecule has 0 aromatic heterocycles. The highest BCUT2D eigenvalue weighted by molar-refractivity contribution is 5.64. The van der Waals surface area contributed by atoms with E-state index in [0.29, 0.717) is 0 Å². The minimum Gasteiger partial charge on any atom is -0.207 e. The molecule has 0 aliphatic carbocycles. The molecule has 0 aliphatic heterocycles. The van der Waals surface area contributed by atoms with Gasteiger partial charge in [0.15, 0.2) is 0 Å². The molecule has 0 nitrogen and oxygen atoms in total. The van der Waals surface area contributed by atoms with E-state index in [1.807, 2.05) is 0 Å². The van der Waals surface area contributed by atoms with Crippen LogP contribution in [0.2, 0.25) is 0 Å². The Morgan fingerprint density at radius 3 is 1.85 bits per heavy atom. The molecule has 0 unspecified atom stereocenters. The van der Waals surface area contributed by atoms with E-state index in [4.69, 9.17) is 0 Å². The average Bonchev–Trinajstić information content (AvgIpc) is 2.39. The van der Waals surface area contributed by atoms with Crippen LogP contribution in [0, 0.1) is 11.6 Å². The van der Waals surface area contributed by atoms with Gasteiger partial charge in [-0.3, -0.25) is 0 Å². The Labute approximate surface area is 118 Å². The zero-order chi connectivity index (χ0) is 14.8. The maximum atomic E-state index is 13.0. The molecule has 0 bridgehead atoms. The van der Waals surface area contributed by atoms with Crippen LogP contribution < -0.4 is 0 Å². The molecular weight excluding hydrogens is 254 g/mol. The summed E-state index contributed by atoms with van der Waals surface area (Å²) < 4.78 is 25.9. The predicted octanol–water partition coefficient (Wildman–Crippen LogP) is 5.35. The predicted molar refractivity (Wildman–Crippen MR) is 79.5 cm³/mol. The van der Waals surface area contributed by atoms with Gasteiger partial charge >= 0.3 is 0 Å². The van der Waals surface area contributed by atoms with Gasteiger partial charge in [0.05, 0.1) is 0 Å². The fourth-order valence-corrected chi connectivity index (χ4v) is 2.32. The first kappa shape index (κ1) is 14.4. The van der Waals surface area contributed by atoms with Crippen molar-refractivity contribution in [2.24, 2.45) is 0 Å². The summed E-state index contributed by atoms with van der Waals surface area (Å²) in [5.41, 5.74) is 2.78. The van der Waals surface area contributed by atoms with Crippen molar-refractivity contribution in [1.29, 1.82) is 0 Å². The summed E-state index contributed by atoms with van der Waals surface area (Å²) in [7, 11) is 0. The first-order chi connectivity index (χ1) is 9.38. The lowest BCUT2D eigenvalue weighted by molar-refractivity contribution is 0.539. The van der Waals surface area contributed by atoms with Gasteiger partial charge in [-0.05, 0) is 52.8 Å². The van der Waals surface area contributed by atoms with Crippen LogP contribution >= 0.6 is 0 Å². The quantitative estimate of drug-likeness (QED) is 0.704. The van der Waals surface area contributed by atoms with E-state index in [2.05, 4.69) is 20.4 Å². The van der Waals surface area contributed by atoms with Gasteiger partial charge < -0.3 is 0 Å². The summed E-state index contributed by atoms with van der Waals surface area (Å²) in [5, 5.41) is 0. The molecule has 2 aromatic carbocycles. The lowest BCUT2D eigenvalue weighted by Crippen LogP contribution is -2.17. The standard InChI is InChI=1S/C18H18F2/c1-13(14-4-8-16(19)9-5-14)12-18(2,3)15-6-10-17(20)11-7-15/h4-11H,1,12H2,2-3H3. The summed E-state index contributed by atoms with van der Waals surface area (Å²) >= 11 is 0. The van der Waals surface area contributed by atoms with Gasteiger partial charge in [0.2, 0.25) is 0 Å². The SMILES string of the molecule is C=C(CC(C)(C)c1ccc(F)cc1)c1ccc(F)cc1. The third-order valence-electron chi connectivity index (χ3n) is 3.53. The van der Waals surface area contributed by atoms with Gasteiger partial charge in [-0.15, -0.1) is 0 Å². The Kier molecular flexibility index (Phi) is 4.03. The zero-order valence-electron chi connectivity index (χ0n) is 11.8. The molecule has 0 fully saturated rings. The van der Waals surface area contributed by atoms with Gasteiger partial charge in [-0.1, -0.05) is 44.7 Å². The Hall–Kier alpha value is -1.96. The molecule has 2 heteroatoms. The fourth-order valence-electron chi connectivity index (χ4n) is 2.32.